The van der Waals surface area contributed by atoms with E-state index in [-0.39, 0.29) is 4.90 Å². The van der Waals surface area contributed by atoms with Crippen LogP contribution in [0.2, 0.25) is 0 Å². The average molecular weight is 405 g/mol. The summed E-state index contributed by atoms with van der Waals surface area (Å²) in [4.78, 5) is 4.74. The fourth-order valence-corrected chi connectivity index (χ4v) is 3.88. The van der Waals surface area contributed by atoms with E-state index in [2.05, 4.69) is 4.98 Å². The van der Waals surface area contributed by atoms with E-state index < -0.39 is 10.0 Å². The topological polar surface area (TPSA) is 91.5 Å². The molecule has 6 nitrogen and oxygen atoms in total. The van der Waals surface area contributed by atoms with Gasteiger partial charge in [0.25, 0.3) is 0 Å². The average Bonchev–Trinajstić information content (AvgIpc) is 3.13. The second kappa shape index (κ2) is 8.08. The molecule has 1 heterocycles. The van der Waals surface area contributed by atoms with Crippen molar-refractivity contribution in [2.45, 2.75) is 18.7 Å². The Kier molecular flexibility index (Phi) is 5.79. The highest BCUT2D eigenvalue weighted by Gasteiger charge is 2.12. The lowest BCUT2D eigenvalue weighted by Crippen LogP contribution is -2.11. The van der Waals surface area contributed by atoms with Gasteiger partial charge in [0, 0.05) is 16.5 Å². The van der Waals surface area contributed by atoms with E-state index in [4.69, 9.17) is 14.6 Å². The fraction of sp³-hybridized carbons (Fsp3) is 0.211. The minimum atomic E-state index is -3.70. The first-order chi connectivity index (χ1) is 12.9. The molecule has 1 aromatic heterocycles. The lowest BCUT2D eigenvalue weighted by atomic mass is 10.2. The SMILES string of the molecule is CCOc1ccc(-c2nc(-c3ccc(S(N)(=O)=O)cc3)cs2)cc1OCC. The molecule has 3 rings (SSSR count). The number of nitrogens with zero attached hydrogens (tertiary/aromatic N) is 1. The number of nitrogens with two attached hydrogens (primary N) is 1. The number of sulfonamides is 1. The smallest absolute Gasteiger partial charge is 0.238 e. The summed E-state index contributed by atoms with van der Waals surface area (Å²) in [6.45, 7) is 4.96. The molecule has 0 saturated heterocycles. The van der Waals surface area contributed by atoms with Crippen molar-refractivity contribution < 1.29 is 17.9 Å². The molecule has 0 atom stereocenters. The van der Waals surface area contributed by atoms with Gasteiger partial charge in [0.15, 0.2) is 11.5 Å². The van der Waals surface area contributed by atoms with E-state index in [9.17, 15) is 8.42 Å². The van der Waals surface area contributed by atoms with Gasteiger partial charge < -0.3 is 9.47 Å². The van der Waals surface area contributed by atoms with Crippen molar-refractivity contribution in [3.8, 4) is 33.3 Å². The van der Waals surface area contributed by atoms with Gasteiger partial charge in [-0.1, -0.05) is 12.1 Å². The lowest BCUT2D eigenvalue weighted by molar-refractivity contribution is 0.288. The Labute approximate surface area is 162 Å². The minimum absolute atomic E-state index is 0.0783. The van der Waals surface area contributed by atoms with Crippen molar-refractivity contribution in [3.63, 3.8) is 0 Å². The van der Waals surface area contributed by atoms with Gasteiger partial charge in [-0.15, -0.1) is 11.3 Å². The molecular weight excluding hydrogens is 384 g/mol. The monoisotopic (exact) mass is 404 g/mol. The highest BCUT2D eigenvalue weighted by Crippen LogP contribution is 2.35. The van der Waals surface area contributed by atoms with Crippen LogP contribution < -0.4 is 14.6 Å². The lowest BCUT2D eigenvalue weighted by Gasteiger charge is -2.11. The number of hydrogen-bond acceptors (Lipinski definition) is 6. The second-order valence-corrected chi connectivity index (χ2v) is 8.05. The molecule has 0 fully saturated rings. The summed E-state index contributed by atoms with van der Waals surface area (Å²) in [6, 6.07) is 12.1. The van der Waals surface area contributed by atoms with Crippen molar-refractivity contribution >= 4 is 21.4 Å². The number of hydrogen-bond donors (Lipinski definition) is 1. The van der Waals surface area contributed by atoms with E-state index in [1.165, 1.54) is 23.5 Å². The molecule has 0 unspecified atom stereocenters. The summed E-state index contributed by atoms with van der Waals surface area (Å²) < 4.78 is 34.0. The van der Waals surface area contributed by atoms with Crippen molar-refractivity contribution in [3.05, 3.63) is 47.8 Å². The van der Waals surface area contributed by atoms with Gasteiger partial charge in [-0.05, 0) is 44.2 Å². The number of aromatic nitrogens is 1. The maximum atomic E-state index is 11.4. The molecule has 0 spiro atoms. The van der Waals surface area contributed by atoms with Gasteiger partial charge in [-0.2, -0.15) is 0 Å². The summed E-state index contributed by atoms with van der Waals surface area (Å²) in [6.07, 6.45) is 0. The molecule has 2 N–H and O–H groups in total. The largest absolute Gasteiger partial charge is 0.490 e. The number of benzene rings is 2. The molecule has 0 aliphatic heterocycles. The molecule has 8 heteroatoms. The Morgan fingerprint density at radius 1 is 0.963 bits per heavy atom. The summed E-state index contributed by atoms with van der Waals surface area (Å²) in [5.74, 6) is 1.39. The molecular formula is C19H20N2O4S2. The highest BCUT2D eigenvalue weighted by molar-refractivity contribution is 7.89. The summed E-state index contributed by atoms with van der Waals surface area (Å²) in [5, 5.41) is 7.90. The van der Waals surface area contributed by atoms with Crippen LogP contribution in [0.25, 0.3) is 21.8 Å². The minimum Gasteiger partial charge on any atom is -0.490 e. The first-order valence-electron chi connectivity index (χ1n) is 8.41. The zero-order chi connectivity index (χ0) is 19.4. The Morgan fingerprint density at radius 3 is 2.22 bits per heavy atom. The van der Waals surface area contributed by atoms with Crippen LogP contribution in [-0.4, -0.2) is 26.6 Å². The van der Waals surface area contributed by atoms with Crippen molar-refractivity contribution in [2.24, 2.45) is 5.14 Å². The molecule has 0 radical (unpaired) electrons. The predicted octanol–water partition coefficient (Wildman–Crippen LogP) is 3.92. The van der Waals surface area contributed by atoms with Gasteiger partial charge in [0.05, 0.1) is 23.8 Å². The van der Waals surface area contributed by atoms with Crippen LogP contribution in [0.3, 0.4) is 0 Å². The second-order valence-electron chi connectivity index (χ2n) is 5.63. The standard InChI is InChI=1S/C19H20N2O4S2/c1-3-24-17-10-7-14(11-18(17)25-4-2)19-21-16(12-26-19)13-5-8-15(9-6-13)27(20,22)23/h5-12H,3-4H2,1-2H3,(H2,20,22,23). The van der Waals surface area contributed by atoms with Gasteiger partial charge >= 0.3 is 0 Å². The number of rotatable bonds is 7. The Morgan fingerprint density at radius 2 is 1.59 bits per heavy atom. The predicted molar refractivity (Wildman–Crippen MR) is 107 cm³/mol. The van der Waals surface area contributed by atoms with Gasteiger partial charge in [0.2, 0.25) is 10.0 Å². The van der Waals surface area contributed by atoms with Crippen molar-refractivity contribution in [1.82, 2.24) is 4.98 Å². The maximum absolute atomic E-state index is 11.4. The highest BCUT2D eigenvalue weighted by atomic mass is 32.2. The third-order valence-electron chi connectivity index (χ3n) is 3.77. The molecule has 2 aromatic carbocycles. The van der Waals surface area contributed by atoms with Crippen LogP contribution in [0.15, 0.2) is 52.7 Å². The zero-order valence-electron chi connectivity index (χ0n) is 15.0. The number of primary sulfonamides is 1. The van der Waals surface area contributed by atoms with Crippen LogP contribution in [0, 0.1) is 0 Å². The third kappa shape index (κ3) is 4.47. The fourth-order valence-electron chi connectivity index (χ4n) is 2.54. The third-order valence-corrected chi connectivity index (χ3v) is 5.59. The molecule has 0 aliphatic carbocycles. The van der Waals surface area contributed by atoms with Crippen LogP contribution >= 0.6 is 11.3 Å². The van der Waals surface area contributed by atoms with Gasteiger partial charge in [-0.3, -0.25) is 0 Å². The van der Waals surface area contributed by atoms with Crippen LogP contribution in [0.5, 0.6) is 11.5 Å². The molecule has 0 amide bonds. The zero-order valence-corrected chi connectivity index (χ0v) is 16.6. The van der Waals surface area contributed by atoms with Crippen molar-refractivity contribution in [2.75, 3.05) is 13.2 Å². The summed E-state index contributed by atoms with van der Waals surface area (Å²) in [5.41, 5.74) is 2.52. The van der Waals surface area contributed by atoms with Crippen molar-refractivity contribution in [1.29, 1.82) is 0 Å². The maximum Gasteiger partial charge on any atom is 0.238 e. The molecule has 0 bridgehead atoms. The Bertz CT molecular complexity index is 1030. The summed E-state index contributed by atoms with van der Waals surface area (Å²) in [7, 11) is -3.70. The first kappa shape index (κ1) is 19.3. The molecule has 0 aliphatic rings. The van der Waals surface area contributed by atoms with E-state index in [1.54, 1.807) is 12.1 Å². The van der Waals surface area contributed by atoms with Crippen LogP contribution in [-0.2, 0) is 10.0 Å². The van der Waals surface area contributed by atoms with Crippen LogP contribution in [0.4, 0.5) is 0 Å². The Balaban J connectivity index is 1.90. The number of ether oxygens (including phenoxy) is 2. The molecule has 0 saturated carbocycles. The Hall–Kier alpha value is -2.42. The number of thiazole rings is 1. The van der Waals surface area contributed by atoms with Crippen LogP contribution in [0.1, 0.15) is 13.8 Å². The van der Waals surface area contributed by atoms with E-state index >= 15 is 0 Å². The molecule has 27 heavy (non-hydrogen) atoms. The molecule has 142 valence electrons. The first-order valence-corrected chi connectivity index (χ1v) is 10.8. The normalized spacial score (nSPS) is 11.4. The summed E-state index contributed by atoms with van der Waals surface area (Å²) >= 11 is 1.50. The van der Waals surface area contributed by atoms with Gasteiger partial charge in [-0.25, -0.2) is 18.5 Å². The molecule has 3 aromatic rings. The van der Waals surface area contributed by atoms with E-state index in [0.717, 1.165) is 21.8 Å². The van der Waals surface area contributed by atoms with E-state index in [1.807, 2.05) is 37.4 Å². The quantitative estimate of drug-likeness (QED) is 0.644. The van der Waals surface area contributed by atoms with Gasteiger partial charge in [0.1, 0.15) is 5.01 Å². The van der Waals surface area contributed by atoms with E-state index in [0.29, 0.717) is 24.7 Å².